The predicted molar refractivity (Wildman–Crippen MR) is 77.3 cm³/mol. The van der Waals surface area contributed by atoms with Gasteiger partial charge in [0.25, 0.3) is 0 Å². The van der Waals surface area contributed by atoms with Gasteiger partial charge in [-0.25, -0.2) is 0 Å². The lowest BCUT2D eigenvalue weighted by Crippen LogP contribution is -2.25. The number of hydrogen-bond acceptors (Lipinski definition) is 1. The lowest BCUT2D eigenvalue weighted by atomic mass is 9.75. The first-order valence-corrected chi connectivity index (χ1v) is 7.52. The van der Waals surface area contributed by atoms with E-state index in [2.05, 4.69) is 19.9 Å². The van der Waals surface area contributed by atoms with Gasteiger partial charge in [-0.05, 0) is 72.6 Å². The topological polar surface area (TPSA) is 43.1 Å². The van der Waals surface area contributed by atoms with Crippen LogP contribution in [-0.4, -0.2) is 5.91 Å². The standard InChI is InChI=1S/C17H23NO/c1-10-3-5-14-12(7-10)9-13-8-11(2)4-6-15(13)16(14)17(18)19/h9-11H,3-8H2,1-2H3,(H2,18,19). The van der Waals surface area contributed by atoms with E-state index in [1.807, 2.05) is 0 Å². The Bertz CT molecular complexity index is 494. The summed E-state index contributed by atoms with van der Waals surface area (Å²) in [5.41, 5.74) is 11.9. The molecular formula is C17H23NO. The summed E-state index contributed by atoms with van der Waals surface area (Å²) in [5.74, 6) is 1.25. The Morgan fingerprint density at radius 3 is 1.95 bits per heavy atom. The van der Waals surface area contributed by atoms with Gasteiger partial charge in [-0.1, -0.05) is 19.9 Å². The van der Waals surface area contributed by atoms with Gasteiger partial charge in [0.2, 0.25) is 5.91 Å². The van der Waals surface area contributed by atoms with Crippen LogP contribution in [0.1, 0.15) is 59.3 Å². The smallest absolute Gasteiger partial charge is 0.249 e. The number of carbonyl (C=O) groups is 1. The van der Waals surface area contributed by atoms with E-state index in [0.717, 1.165) is 43.1 Å². The van der Waals surface area contributed by atoms with Crippen LogP contribution in [0.5, 0.6) is 0 Å². The zero-order valence-electron chi connectivity index (χ0n) is 12.0. The highest BCUT2D eigenvalue weighted by atomic mass is 16.1. The minimum absolute atomic E-state index is 0.211. The predicted octanol–water partition coefficient (Wildman–Crippen LogP) is 3.04. The third kappa shape index (κ3) is 2.18. The molecule has 2 nitrogen and oxygen atoms in total. The van der Waals surface area contributed by atoms with Gasteiger partial charge in [0.15, 0.2) is 0 Å². The SMILES string of the molecule is CC1CCc2c(cc3c(c2C(N)=O)CCC(C)C3)C1. The Kier molecular flexibility index (Phi) is 3.12. The van der Waals surface area contributed by atoms with Gasteiger partial charge in [0, 0.05) is 5.56 Å². The van der Waals surface area contributed by atoms with Gasteiger partial charge in [-0.15, -0.1) is 0 Å². The molecule has 2 aliphatic carbocycles. The van der Waals surface area contributed by atoms with Gasteiger partial charge in [-0.3, -0.25) is 4.79 Å². The monoisotopic (exact) mass is 257 g/mol. The average Bonchev–Trinajstić information content (AvgIpc) is 2.35. The van der Waals surface area contributed by atoms with Crippen molar-refractivity contribution < 1.29 is 4.79 Å². The van der Waals surface area contributed by atoms with Gasteiger partial charge in [0.1, 0.15) is 0 Å². The lowest BCUT2D eigenvalue weighted by molar-refractivity contribution is 0.0997. The lowest BCUT2D eigenvalue weighted by Gasteiger charge is -2.30. The second-order valence-electron chi connectivity index (χ2n) is 6.59. The van der Waals surface area contributed by atoms with Crippen molar-refractivity contribution in [3.63, 3.8) is 0 Å². The molecule has 0 aliphatic heterocycles. The number of benzene rings is 1. The van der Waals surface area contributed by atoms with Crippen molar-refractivity contribution in [2.45, 2.75) is 52.4 Å². The highest BCUT2D eigenvalue weighted by molar-refractivity contribution is 5.97. The summed E-state index contributed by atoms with van der Waals surface area (Å²) in [6, 6.07) is 2.38. The maximum atomic E-state index is 11.9. The van der Waals surface area contributed by atoms with E-state index < -0.39 is 0 Å². The van der Waals surface area contributed by atoms with Crippen molar-refractivity contribution in [3.05, 3.63) is 33.9 Å². The number of fused-ring (bicyclic) bond motifs is 2. The van der Waals surface area contributed by atoms with Crippen molar-refractivity contribution in [2.24, 2.45) is 17.6 Å². The molecule has 1 amide bonds. The molecule has 19 heavy (non-hydrogen) atoms. The first kappa shape index (κ1) is 12.7. The van der Waals surface area contributed by atoms with Crippen molar-refractivity contribution >= 4 is 5.91 Å². The van der Waals surface area contributed by atoms with Crippen LogP contribution in [0.25, 0.3) is 0 Å². The Morgan fingerprint density at radius 1 is 1.05 bits per heavy atom. The van der Waals surface area contributed by atoms with Crippen LogP contribution in [0.4, 0.5) is 0 Å². The fourth-order valence-electron chi connectivity index (χ4n) is 3.86. The number of primary amides is 1. The van der Waals surface area contributed by atoms with Gasteiger partial charge < -0.3 is 5.73 Å². The van der Waals surface area contributed by atoms with E-state index in [1.54, 1.807) is 0 Å². The van der Waals surface area contributed by atoms with Gasteiger partial charge >= 0.3 is 0 Å². The number of hydrogen-bond donors (Lipinski definition) is 1. The molecule has 0 bridgehead atoms. The molecule has 3 rings (SSSR count). The molecule has 102 valence electrons. The normalized spacial score (nSPS) is 25.6. The molecule has 2 heteroatoms. The van der Waals surface area contributed by atoms with Crippen LogP contribution in [-0.2, 0) is 25.7 Å². The molecule has 2 atom stereocenters. The quantitative estimate of drug-likeness (QED) is 0.825. The van der Waals surface area contributed by atoms with Crippen molar-refractivity contribution in [2.75, 3.05) is 0 Å². The van der Waals surface area contributed by atoms with Gasteiger partial charge in [0.05, 0.1) is 0 Å². The minimum atomic E-state index is -0.211. The fourth-order valence-corrected chi connectivity index (χ4v) is 3.86. The van der Waals surface area contributed by atoms with E-state index in [4.69, 9.17) is 5.73 Å². The highest BCUT2D eigenvalue weighted by Crippen LogP contribution is 2.36. The molecular weight excluding hydrogens is 234 g/mol. The number of amides is 1. The van der Waals surface area contributed by atoms with Crippen LogP contribution >= 0.6 is 0 Å². The Labute approximate surface area is 115 Å². The molecule has 0 fully saturated rings. The van der Waals surface area contributed by atoms with Crippen molar-refractivity contribution in [1.29, 1.82) is 0 Å². The zero-order chi connectivity index (χ0) is 13.6. The molecule has 1 aromatic rings. The van der Waals surface area contributed by atoms with Crippen LogP contribution in [0.3, 0.4) is 0 Å². The largest absolute Gasteiger partial charge is 0.366 e. The molecule has 0 radical (unpaired) electrons. The van der Waals surface area contributed by atoms with Crippen LogP contribution in [0.15, 0.2) is 6.07 Å². The summed E-state index contributed by atoms with van der Waals surface area (Å²) in [6.45, 7) is 4.60. The minimum Gasteiger partial charge on any atom is -0.366 e. The number of nitrogens with two attached hydrogens (primary N) is 1. The van der Waals surface area contributed by atoms with Crippen LogP contribution < -0.4 is 5.73 Å². The zero-order valence-corrected chi connectivity index (χ0v) is 12.0. The van der Waals surface area contributed by atoms with E-state index in [1.165, 1.54) is 35.1 Å². The Morgan fingerprint density at radius 2 is 1.53 bits per heavy atom. The van der Waals surface area contributed by atoms with Crippen molar-refractivity contribution in [3.8, 4) is 0 Å². The molecule has 0 aromatic heterocycles. The summed E-state index contributed by atoms with van der Waals surface area (Å²) < 4.78 is 0. The second kappa shape index (κ2) is 4.66. The first-order chi connectivity index (χ1) is 9.06. The van der Waals surface area contributed by atoms with E-state index in [0.29, 0.717) is 0 Å². The van der Waals surface area contributed by atoms with E-state index >= 15 is 0 Å². The summed E-state index contributed by atoms with van der Waals surface area (Å²) in [7, 11) is 0. The summed E-state index contributed by atoms with van der Waals surface area (Å²) >= 11 is 0. The Hall–Kier alpha value is -1.31. The average molecular weight is 257 g/mol. The third-order valence-corrected chi connectivity index (χ3v) is 4.88. The van der Waals surface area contributed by atoms with Crippen molar-refractivity contribution in [1.82, 2.24) is 0 Å². The third-order valence-electron chi connectivity index (χ3n) is 4.88. The van der Waals surface area contributed by atoms with Crippen LogP contribution in [0.2, 0.25) is 0 Å². The molecule has 1 aromatic carbocycles. The maximum Gasteiger partial charge on any atom is 0.249 e. The molecule has 0 saturated heterocycles. The molecule has 0 spiro atoms. The number of rotatable bonds is 1. The summed E-state index contributed by atoms with van der Waals surface area (Å²) in [4.78, 5) is 11.9. The maximum absolute atomic E-state index is 11.9. The second-order valence-corrected chi connectivity index (χ2v) is 6.59. The molecule has 2 N–H and O–H groups in total. The van der Waals surface area contributed by atoms with E-state index in [9.17, 15) is 4.79 Å². The summed E-state index contributed by atoms with van der Waals surface area (Å²) in [5, 5.41) is 0. The molecule has 2 aliphatic rings. The molecule has 0 heterocycles. The van der Waals surface area contributed by atoms with Gasteiger partial charge in [-0.2, -0.15) is 0 Å². The highest BCUT2D eigenvalue weighted by Gasteiger charge is 2.27. The fraction of sp³-hybridized carbons (Fsp3) is 0.588. The van der Waals surface area contributed by atoms with E-state index in [-0.39, 0.29) is 5.91 Å². The molecule has 0 saturated carbocycles. The molecule has 2 unspecified atom stereocenters. The first-order valence-electron chi connectivity index (χ1n) is 7.52. The summed E-state index contributed by atoms with van der Waals surface area (Å²) in [6.07, 6.45) is 6.63. The van der Waals surface area contributed by atoms with Crippen LogP contribution in [0, 0.1) is 11.8 Å². The number of carbonyl (C=O) groups excluding carboxylic acids is 1. The Balaban J connectivity index is 2.17.